The van der Waals surface area contributed by atoms with Crippen LogP contribution >= 0.6 is 0 Å². The second-order valence-electron chi connectivity index (χ2n) is 5.22. The lowest BCUT2D eigenvalue weighted by atomic mass is 9.47. The molecule has 14 heavy (non-hydrogen) atoms. The summed E-state index contributed by atoms with van der Waals surface area (Å²) in [5.41, 5.74) is 1.51. The van der Waals surface area contributed by atoms with E-state index in [0.717, 1.165) is 12.0 Å². The van der Waals surface area contributed by atoms with Crippen LogP contribution in [0.2, 0.25) is 0 Å². The number of carbonyl (C=O) groups is 1. The maximum atomic E-state index is 10.9. The maximum Gasteiger partial charge on any atom is 0.303 e. The van der Waals surface area contributed by atoms with E-state index in [1.54, 1.807) is 0 Å². The van der Waals surface area contributed by atoms with E-state index in [2.05, 4.69) is 20.4 Å². The van der Waals surface area contributed by atoms with Gasteiger partial charge >= 0.3 is 5.97 Å². The molecule has 0 heterocycles. The van der Waals surface area contributed by atoms with Crippen LogP contribution in [0.25, 0.3) is 0 Å². The summed E-state index contributed by atoms with van der Waals surface area (Å²) in [6.07, 6.45) is 2.20. The molecule has 0 aliphatic heterocycles. The maximum absolute atomic E-state index is 10.9. The first-order chi connectivity index (χ1) is 6.43. The predicted octanol–water partition coefficient (Wildman–Crippen LogP) is 2.54. The van der Waals surface area contributed by atoms with Gasteiger partial charge in [0.25, 0.3) is 0 Å². The minimum absolute atomic E-state index is 0.00993. The van der Waals surface area contributed by atoms with E-state index in [1.165, 1.54) is 13.3 Å². The molecule has 0 amide bonds. The van der Waals surface area contributed by atoms with E-state index in [4.69, 9.17) is 4.74 Å². The Morgan fingerprint density at radius 2 is 2.14 bits per heavy atom. The molecule has 1 unspecified atom stereocenters. The summed E-state index contributed by atoms with van der Waals surface area (Å²) in [7, 11) is 0. The van der Waals surface area contributed by atoms with Crippen LogP contribution in [-0.2, 0) is 9.53 Å². The van der Waals surface area contributed by atoms with Crippen molar-refractivity contribution in [3.63, 3.8) is 0 Å². The van der Waals surface area contributed by atoms with E-state index >= 15 is 0 Å². The first kappa shape index (κ1) is 9.75. The van der Waals surface area contributed by atoms with Gasteiger partial charge in [0.05, 0.1) is 0 Å². The number of rotatable bonds is 1. The average Bonchev–Trinajstić information content (AvgIpc) is 2.06. The minimum Gasteiger partial charge on any atom is -0.458 e. The molecule has 3 rings (SSSR count). The zero-order chi connectivity index (χ0) is 10.5. The summed E-state index contributed by atoms with van der Waals surface area (Å²) in [5.74, 6) is 1.09. The number of hydrogen-bond donors (Lipinski definition) is 0. The van der Waals surface area contributed by atoms with Crippen LogP contribution in [0.1, 0.15) is 33.6 Å². The molecule has 2 heteroatoms. The lowest BCUT2D eigenvalue weighted by molar-refractivity contribution is -0.153. The Labute approximate surface area is 85.3 Å². The fourth-order valence-electron chi connectivity index (χ4n) is 3.00. The molecule has 0 N–H and O–H groups in total. The highest BCUT2D eigenvalue weighted by molar-refractivity contribution is 5.66. The van der Waals surface area contributed by atoms with E-state index in [1.807, 2.05) is 0 Å². The molecule has 3 saturated carbocycles. The van der Waals surface area contributed by atoms with Crippen molar-refractivity contribution in [2.45, 2.75) is 39.7 Å². The normalized spacial score (nSPS) is 38.8. The molecule has 3 atom stereocenters. The quantitative estimate of drug-likeness (QED) is 0.473. The monoisotopic (exact) mass is 194 g/mol. The van der Waals surface area contributed by atoms with Crippen molar-refractivity contribution < 1.29 is 9.53 Å². The van der Waals surface area contributed by atoms with Gasteiger partial charge in [-0.25, -0.2) is 0 Å². The number of hydrogen-bond acceptors (Lipinski definition) is 2. The largest absolute Gasteiger partial charge is 0.458 e. The molecule has 3 fully saturated rings. The van der Waals surface area contributed by atoms with Gasteiger partial charge in [0, 0.05) is 6.92 Å². The minimum atomic E-state index is -0.185. The first-order valence-electron chi connectivity index (χ1n) is 5.29. The SMILES string of the molecule is C=C1C(OC(C)=O)C[C@H]2C[C@@H]1C2(C)C. The summed E-state index contributed by atoms with van der Waals surface area (Å²) >= 11 is 0. The lowest BCUT2D eigenvalue weighted by Crippen LogP contribution is -2.54. The molecular weight excluding hydrogens is 176 g/mol. The van der Waals surface area contributed by atoms with Gasteiger partial charge in [-0.05, 0) is 35.7 Å². The van der Waals surface area contributed by atoms with E-state index in [9.17, 15) is 4.79 Å². The summed E-state index contributed by atoms with van der Waals surface area (Å²) in [4.78, 5) is 10.9. The second-order valence-corrected chi connectivity index (χ2v) is 5.22. The summed E-state index contributed by atoms with van der Waals surface area (Å²) in [6, 6.07) is 0. The Bertz CT molecular complexity index is 291. The van der Waals surface area contributed by atoms with Crippen molar-refractivity contribution in [1.29, 1.82) is 0 Å². The van der Waals surface area contributed by atoms with Gasteiger partial charge in [-0.3, -0.25) is 4.79 Å². The smallest absolute Gasteiger partial charge is 0.303 e. The van der Waals surface area contributed by atoms with Crippen LogP contribution in [0, 0.1) is 17.3 Å². The van der Waals surface area contributed by atoms with Crippen molar-refractivity contribution in [2.75, 3.05) is 0 Å². The van der Waals surface area contributed by atoms with Crippen molar-refractivity contribution in [3.05, 3.63) is 12.2 Å². The van der Waals surface area contributed by atoms with Gasteiger partial charge < -0.3 is 4.74 Å². The fourth-order valence-corrected chi connectivity index (χ4v) is 3.00. The topological polar surface area (TPSA) is 26.3 Å². The van der Waals surface area contributed by atoms with Gasteiger partial charge in [-0.1, -0.05) is 20.4 Å². The number of fused-ring (bicyclic) bond motifs is 2. The molecule has 3 aliphatic rings. The Morgan fingerprint density at radius 3 is 2.57 bits per heavy atom. The third-order valence-corrected chi connectivity index (χ3v) is 4.14. The fraction of sp³-hybridized carbons (Fsp3) is 0.750. The Balaban J connectivity index is 2.08. The number of carbonyl (C=O) groups excluding carboxylic acids is 1. The molecule has 3 aliphatic carbocycles. The van der Waals surface area contributed by atoms with Crippen LogP contribution in [0.15, 0.2) is 12.2 Å². The van der Waals surface area contributed by atoms with E-state index < -0.39 is 0 Å². The molecule has 78 valence electrons. The predicted molar refractivity (Wildman–Crippen MR) is 54.7 cm³/mol. The summed E-state index contributed by atoms with van der Waals surface area (Å²) in [6.45, 7) is 10.1. The second kappa shape index (κ2) is 2.85. The van der Waals surface area contributed by atoms with Gasteiger partial charge in [0.15, 0.2) is 0 Å². The standard InChI is InChI=1S/C12H18O2/c1-7-10-5-9(12(10,3)4)6-11(7)14-8(2)13/h9-11H,1,5-6H2,2-4H3/t9-,10+,11?/m1/s1. The highest BCUT2D eigenvalue weighted by Gasteiger charge is 2.55. The van der Waals surface area contributed by atoms with Crippen molar-refractivity contribution in [3.8, 4) is 0 Å². The highest BCUT2D eigenvalue weighted by Crippen LogP contribution is 2.61. The van der Waals surface area contributed by atoms with Crippen LogP contribution in [0.4, 0.5) is 0 Å². The molecule has 2 bridgehead atoms. The van der Waals surface area contributed by atoms with E-state index in [0.29, 0.717) is 17.3 Å². The van der Waals surface area contributed by atoms with Crippen LogP contribution < -0.4 is 0 Å². The lowest BCUT2D eigenvalue weighted by Gasteiger charge is -2.59. The first-order valence-corrected chi connectivity index (χ1v) is 5.29. The van der Waals surface area contributed by atoms with Gasteiger partial charge in [0.1, 0.15) is 6.10 Å². The third-order valence-electron chi connectivity index (χ3n) is 4.14. The number of esters is 1. The zero-order valence-corrected chi connectivity index (χ0v) is 9.17. The van der Waals surface area contributed by atoms with Gasteiger partial charge in [0.2, 0.25) is 0 Å². The van der Waals surface area contributed by atoms with E-state index in [-0.39, 0.29) is 12.1 Å². The summed E-state index contributed by atoms with van der Waals surface area (Å²) < 4.78 is 5.26. The Morgan fingerprint density at radius 1 is 1.50 bits per heavy atom. The molecule has 0 aromatic rings. The molecule has 2 nitrogen and oxygen atoms in total. The molecule has 0 spiro atoms. The molecule has 0 aromatic heterocycles. The number of ether oxygens (including phenoxy) is 1. The molecule has 0 saturated heterocycles. The van der Waals surface area contributed by atoms with Crippen molar-refractivity contribution in [1.82, 2.24) is 0 Å². The third kappa shape index (κ3) is 1.20. The summed E-state index contributed by atoms with van der Waals surface area (Å²) in [5, 5.41) is 0. The molecule has 0 radical (unpaired) electrons. The van der Waals surface area contributed by atoms with Crippen molar-refractivity contribution in [2.24, 2.45) is 17.3 Å². The average molecular weight is 194 g/mol. The highest BCUT2D eigenvalue weighted by atomic mass is 16.5. The van der Waals surface area contributed by atoms with Crippen LogP contribution in [0.5, 0.6) is 0 Å². The molecule has 0 aromatic carbocycles. The Kier molecular flexibility index (Phi) is 1.98. The van der Waals surface area contributed by atoms with Crippen molar-refractivity contribution >= 4 is 5.97 Å². The van der Waals surface area contributed by atoms with Gasteiger partial charge in [-0.15, -0.1) is 0 Å². The van der Waals surface area contributed by atoms with Gasteiger partial charge in [-0.2, -0.15) is 0 Å². The van der Waals surface area contributed by atoms with Crippen LogP contribution in [-0.4, -0.2) is 12.1 Å². The van der Waals surface area contributed by atoms with Crippen LogP contribution in [0.3, 0.4) is 0 Å². The Hall–Kier alpha value is -0.790. The molecular formula is C12H18O2. The zero-order valence-electron chi connectivity index (χ0n) is 9.17.